The maximum absolute atomic E-state index is 10.9. The van der Waals surface area contributed by atoms with Gasteiger partial charge in [0.05, 0.1) is 17.0 Å². The summed E-state index contributed by atoms with van der Waals surface area (Å²) in [5.41, 5.74) is 4.69. The van der Waals surface area contributed by atoms with Crippen molar-refractivity contribution in [1.82, 2.24) is 0 Å². The first-order valence-electron chi connectivity index (χ1n) is 6.10. The fourth-order valence-corrected chi connectivity index (χ4v) is 2.09. The van der Waals surface area contributed by atoms with Crippen molar-refractivity contribution >= 4 is 33.3 Å². The van der Waals surface area contributed by atoms with Crippen LogP contribution in [0.5, 0.6) is 5.75 Å². The Labute approximate surface area is 130 Å². The van der Waals surface area contributed by atoms with Gasteiger partial charge in [0, 0.05) is 10.0 Å². The van der Waals surface area contributed by atoms with Gasteiger partial charge in [-0.2, -0.15) is 5.10 Å². The molecular formula is C15H13BrN2O3. The number of anilines is 1. The number of hydrogen-bond acceptors (Lipinski definition) is 4. The van der Waals surface area contributed by atoms with Crippen LogP contribution in [0.3, 0.4) is 0 Å². The van der Waals surface area contributed by atoms with Crippen LogP contribution in [-0.4, -0.2) is 21.9 Å². The minimum atomic E-state index is -0.996. The Morgan fingerprint density at radius 2 is 2.00 bits per heavy atom. The van der Waals surface area contributed by atoms with Crippen LogP contribution in [0.4, 0.5) is 5.69 Å². The van der Waals surface area contributed by atoms with E-state index < -0.39 is 5.97 Å². The van der Waals surface area contributed by atoms with Crippen LogP contribution >= 0.6 is 15.9 Å². The number of nitrogens with zero attached hydrogens (tertiary/aromatic N) is 1. The summed E-state index contributed by atoms with van der Waals surface area (Å²) >= 11 is 3.33. The van der Waals surface area contributed by atoms with Gasteiger partial charge in [0.15, 0.2) is 0 Å². The zero-order valence-electron chi connectivity index (χ0n) is 11.2. The summed E-state index contributed by atoms with van der Waals surface area (Å²) in [5, 5.41) is 22.9. The zero-order chi connectivity index (χ0) is 15.4. The predicted octanol–water partition coefficient (Wildman–Crippen LogP) is 3.69. The van der Waals surface area contributed by atoms with Crippen LogP contribution < -0.4 is 5.43 Å². The molecule has 0 radical (unpaired) electrons. The van der Waals surface area contributed by atoms with E-state index in [1.54, 1.807) is 37.3 Å². The van der Waals surface area contributed by atoms with Gasteiger partial charge in [-0.1, -0.05) is 22.0 Å². The molecular weight excluding hydrogens is 336 g/mol. The number of benzene rings is 2. The second-order valence-electron chi connectivity index (χ2n) is 4.36. The lowest BCUT2D eigenvalue weighted by Gasteiger charge is -2.06. The second-order valence-corrected chi connectivity index (χ2v) is 5.27. The van der Waals surface area contributed by atoms with Crippen molar-refractivity contribution in [2.45, 2.75) is 6.92 Å². The molecule has 2 aromatic rings. The van der Waals surface area contributed by atoms with Crippen molar-refractivity contribution < 1.29 is 15.0 Å². The molecule has 6 heteroatoms. The van der Waals surface area contributed by atoms with Crippen molar-refractivity contribution in [3.63, 3.8) is 0 Å². The highest BCUT2D eigenvalue weighted by molar-refractivity contribution is 9.10. The molecule has 0 amide bonds. The maximum atomic E-state index is 10.9. The first-order chi connectivity index (χ1) is 9.97. The fraction of sp³-hybridized carbons (Fsp3) is 0.0667. The van der Waals surface area contributed by atoms with Crippen LogP contribution in [0, 0.1) is 0 Å². The third-order valence-corrected chi connectivity index (χ3v) is 3.30. The maximum Gasteiger partial charge on any atom is 0.335 e. The van der Waals surface area contributed by atoms with Crippen LogP contribution in [0.25, 0.3) is 0 Å². The van der Waals surface area contributed by atoms with E-state index in [4.69, 9.17) is 5.11 Å². The third-order valence-electron chi connectivity index (χ3n) is 2.81. The molecule has 2 aromatic carbocycles. The molecule has 0 atom stereocenters. The lowest BCUT2D eigenvalue weighted by molar-refractivity contribution is 0.0697. The van der Waals surface area contributed by atoms with Crippen LogP contribution in [0.1, 0.15) is 22.8 Å². The van der Waals surface area contributed by atoms with Gasteiger partial charge in [0.1, 0.15) is 5.75 Å². The van der Waals surface area contributed by atoms with E-state index in [1.807, 2.05) is 0 Å². The van der Waals surface area contributed by atoms with E-state index in [1.165, 1.54) is 12.1 Å². The van der Waals surface area contributed by atoms with Crippen LogP contribution in [0.2, 0.25) is 0 Å². The molecule has 5 nitrogen and oxygen atoms in total. The summed E-state index contributed by atoms with van der Waals surface area (Å²) in [5.74, 6) is -0.871. The van der Waals surface area contributed by atoms with Gasteiger partial charge in [-0.3, -0.25) is 5.43 Å². The van der Waals surface area contributed by atoms with Crippen LogP contribution in [-0.2, 0) is 0 Å². The van der Waals surface area contributed by atoms with E-state index in [2.05, 4.69) is 26.5 Å². The number of aromatic carboxylic acids is 1. The molecule has 0 unspecified atom stereocenters. The number of hydrazone groups is 1. The van der Waals surface area contributed by atoms with E-state index >= 15 is 0 Å². The lowest BCUT2D eigenvalue weighted by Crippen LogP contribution is -2.01. The molecule has 0 fully saturated rings. The van der Waals surface area contributed by atoms with Crippen molar-refractivity contribution in [3.8, 4) is 5.75 Å². The Morgan fingerprint density at radius 3 is 2.71 bits per heavy atom. The zero-order valence-corrected chi connectivity index (χ0v) is 12.8. The molecule has 0 spiro atoms. The number of aromatic hydroxyl groups is 1. The number of phenols is 1. The predicted molar refractivity (Wildman–Crippen MR) is 85.0 cm³/mol. The molecule has 0 heterocycles. The molecule has 0 aliphatic rings. The summed E-state index contributed by atoms with van der Waals surface area (Å²) in [6, 6.07) is 11.4. The Kier molecular flexibility index (Phi) is 4.59. The van der Waals surface area contributed by atoms with Crippen molar-refractivity contribution in [1.29, 1.82) is 0 Å². The molecule has 0 saturated carbocycles. The summed E-state index contributed by atoms with van der Waals surface area (Å²) in [4.78, 5) is 10.9. The van der Waals surface area contributed by atoms with E-state index in [0.29, 0.717) is 17.0 Å². The average Bonchev–Trinajstić information content (AvgIpc) is 2.47. The number of hydrogen-bond donors (Lipinski definition) is 3. The Hall–Kier alpha value is -2.34. The second kappa shape index (κ2) is 6.41. The van der Waals surface area contributed by atoms with Gasteiger partial charge in [0.25, 0.3) is 0 Å². The largest absolute Gasteiger partial charge is 0.507 e. The Bertz CT molecular complexity index is 714. The van der Waals surface area contributed by atoms with Gasteiger partial charge in [-0.05, 0) is 43.3 Å². The normalized spacial score (nSPS) is 11.2. The number of carbonyl (C=O) groups is 1. The molecule has 3 N–H and O–H groups in total. The molecule has 0 aromatic heterocycles. The molecule has 0 saturated heterocycles. The number of rotatable bonds is 4. The van der Waals surface area contributed by atoms with E-state index in [9.17, 15) is 9.90 Å². The Balaban J connectivity index is 2.22. The molecule has 2 rings (SSSR count). The number of halogens is 1. The van der Waals surface area contributed by atoms with Gasteiger partial charge < -0.3 is 10.2 Å². The number of carboxylic acids is 1. The molecule has 0 aliphatic heterocycles. The van der Waals surface area contributed by atoms with Crippen molar-refractivity contribution in [2.75, 3.05) is 5.43 Å². The fourth-order valence-electron chi connectivity index (χ4n) is 1.73. The first-order valence-corrected chi connectivity index (χ1v) is 6.89. The van der Waals surface area contributed by atoms with Gasteiger partial charge >= 0.3 is 5.97 Å². The van der Waals surface area contributed by atoms with Crippen LogP contribution in [0.15, 0.2) is 52.0 Å². The lowest BCUT2D eigenvalue weighted by atomic mass is 10.1. The van der Waals surface area contributed by atoms with Crippen molar-refractivity contribution in [3.05, 3.63) is 58.1 Å². The summed E-state index contributed by atoms with van der Waals surface area (Å²) in [7, 11) is 0. The first kappa shape index (κ1) is 15.1. The monoisotopic (exact) mass is 348 g/mol. The summed E-state index contributed by atoms with van der Waals surface area (Å²) in [6.45, 7) is 1.75. The quantitative estimate of drug-likeness (QED) is 0.581. The highest BCUT2D eigenvalue weighted by atomic mass is 79.9. The highest BCUT2D eigenvalue weighted by Crippen LogP contribution is 2.22. The van der Waals surface area contributed by atoms with Gasteiger partial charge in [-0.15, -0.1) is 0 Å². The highest BCUT2D eigenvalue weighted by Gasteiger charge is 2.06. The molecule has 108 valence electrons. The summed E-state index contributed by atoms with van der Waals surface area (Å²) in [6.07, 6.45) is 0. The van der Waals surface area contributed by atoms with Gasteiger partial charge in [0.2, 0.25) is 0 Å². The van der Waals surface area contributed by atoms with Crippen molar-refractivity contribution in [2.24, 2.45) is 5.10 Å². The SMILES string of the molecule is C/C(=N/Nc1cccc(C(=O)O)c1)c1cc(Br)ccc1O. The van der Waals surface area contributed by atoms with Gasteiger partial charge in [-0.25, -0.2) is 4.79 Å². The Morgan fingerprint density at radius 1 is 1.24 bits per heavy atom. The number of carboxylic acid groups (broad SMARTS) is 1. The molecule has 21 heavy (non-hydrogen) atoms. The minimum Gasteiger partial charge on any atom is -0.507 e. The number of phenolic OH excluding ortho intramolecular Hbond substituents is 1. The smallest absolute Gasteiger partial charge is 0.335 e. The molecule has 0 aliphatic carbocycles. The minimum absolute atomic E-state index is 0.125. The third kappa shape index (κ3) is 3.82. The van der Waals surface area contributed by atoms with E-state index in [0.717, 1.165) is 4.47 Å². The topological polar surface area (TPSA) is 81.9 Å². The van der Waals surface area contributed by atoms with E-state index in [-0.39, 0.29) is 11.3 Å². The number of nitrogens with one attached hydrogen (secondary N) is 1. The molecule has 0 bridgehead atoms. The average molecular weight is 349 g/mol. The summed E-state index contributed by atoms with van der Waals surface area (Å²) < 4.78 is 0.831. The standard InChI is InChI=1S/C15H13BrN2O3/c1-9(13-8-11(16)5-6-14(13)19)17-18-12-4-2-3-10(7-12)15(20)21/h2-8,18-19H,1H3,(H,20,21)/b17-9-.